The molecule has 1 aromatic carbocycles. The van der Waals surface area contributed by atoms with Crippen LogP contribution in [0.15, 0.2) is 15.0 Å². The zero-order valence-corrected chi connectivity index (χ0v) is 12.8. The van der Waals surface area contributed by atoms with Crippen LogP contribution in [-0.4, -0.2) is 9.97 Å². The van der Waals surface area contributed by atoms with Gasteiger partial charge in [0.15, 0.2) is 5.82 Å². The van der Waals surface area contributed by atoms with Crippen LogP contribution in [0.3, 0.4) is 0 Å². The summed E-state index contributed by atoms with van der Waals surface area (Å²) in [6, 6.07) is 2.82. The van der Waals surface area contributed by atoms with Gasteiger partial charge in [0.25, 0.3) is 0 Å². The van der Waals surface area contributed by atoms with Gasteiger partial charge in [-0.05, 0) is 37.9 Å². The molecule has 1 aromatic heterocycles. The van der Waals surface area contributed by atoms with E-state index >= 15 is 0 Å². The molecule has 0 atom stereocenters. The van der Waals surface area contributed by atoms with Crippen LogP contribution >= 0.6 is 31.9 Å². The number of anilines is 2. The second-order valence-corrected chi connectivity index (χ2v) is 5.29. The average molecular weight is 405 g/mol. The first-order valence-corrected chi connectivity index (χ1v) is 6.61. The minimum atomic E-state index is -0.925. The van der Waals surface area contributed by atoms with Crippen molar-refractivity contribution >= 4 is 43.6 Å². The van der Waals surface area contributed by atoms with E-state index in [0.717, 1.165) is 6.07 Å². The smallest absolute Gasteiger partial charge is 0.222 e. The normalized spacial score (nSPS) is 10.3. The second kappa shape index (κ2) is 5.30. The molecule has 0 amide bonds. The molecule has 0 aliphatic heterocycles. The number of rotatable bonds is 1. The Morgan fingerprint density at radius 2 is 1.85 bits per heavy atom. The molecule has 0 unspecified atom stereocenters. The summed E-state index contributed by atoms with van der Waals surface area (Å²) < 4.78 is 27.3. The molecule has 102 valence electrons. The van der Waals surface area contributed by atoms with Crippen molar-refractivity contribution in [1.29, 1.82) is 5.26 Å². The number of hydrogen-bond donors (Lipinski definition) is 2. The van der Waals surface area contributed by atoms with Crippen molar-refractivity contribution in [1.82, 2.24) is 9.97 Å². The van der Waals surface area contributed by atoms with E-state index in [1.807, 2.05) is 0 Å². The summed E-state index contributed by atoms with van der Waals surface area (Å²) in [4.78, 5) is 7.45. The van der Waals surface area contributed by atoms with E-state index in [2.05, 4.69) is 41.8 Å². The Morgan fingerprint density at radius 3 is 2.45 bits per heavy atom. The van der Waals surface area contributed by atoms with Gasteiger partial charge in [0.05, 0.1) is 15.7 Å². The summed E-state index contributed by atoms with van der Waals surface area (Å²) in [6.45, 7) is 0. The van der Waals surface area contributed by atoms with Gasteiger partial charge < -0.3 is 11.5 Å². The number of nitrogen functional groups attached to an aromatic ring is 2. The molecule has 9 heteroatoms. The highest BCUT2D eigenvalue weighted by atomic mass is 79.9. The maximum atomic E-state index is 14.2. The number of nitrogens with two attached hydrogens (primary N) is 2. The van der Waals surface area contributed by atoms with E-state index in [4.69, 9.17) is 16.7 Å². The number of aromatic nitrogens is 2. The van der Waals surface area contributed by atoms with E-state index in [-0.39, 0.29) is 37.5 Å². The van der Waals surface area contributed by atoms with Crippen molar-refractivity contribution in [2.45, 2.75) is 0 Å². The predicted molar refractivity (Wildman–Crippen MR) is 76.3 cm³/mol. The largest absolute Gasteiger partial charge is 0.382 e. The van der Waals surface area contributed by atoms with Crippen molar-refractivity contribution in [3.63, 3.8) is 0 Å². The first-order valence-electron chi connectivity index (χ1n) is 5.03. The van der Waals surface area contributed by atoms with Crippen LogP contribution in [0, 0.1) is 23.0 Å². The Bertz CT molecular complexity index is 758. The molecule has 0 aliphatic rings. The molecular weight excluding hydrogens is 400 g/mol. The van der Waals surface area contributed by atoms with E-state index in [0.29, 0.717) is 0 Å². The van der Waals surface area contributed by atoms with Crippen molar-refractivity contribution in [3.8, 4) is 17.3 Å². The van der Waals surface area contributed by atoms with Gasteiger partial charge in [-0.15, -0.1) is 0 Å². The van der Waals surface area contributed by atoms with Crippen molar-refractivity contribution < 1.29 is 8.78 Å². The fourth-order valence-electron chi connectivity index (χ4n) is 1.57. The Hall–Kier alpha value is -1.79. The molecule has 0 bridgehead atoms. The Labute approximate surface area is 128 Å². The predicted octanol–water partition coefficient (Wildman–Crippen LogP) is 2.98. The molecule has 2 rings (SSSR count). The molecule has 20 heavy (non-hydrogen) atoms. The molecule has 0 radical (unpaired) electrons. The Morgan fingerprint density at radius 1 is 1.20 bits per heavy atom. The lowest BCUT2D eigenvalue weighted by atomic mass is 10.1. The lowest BCUT2D eigenvalue weighted by Gasteiger charge is -2.11. The van der Waals surface area contributed by atoms with Gasteiger partial charge in [-0.1, -0.05) is 0 Å². The van der Waals surface area contributed by atoms with Crippen LogP contribution in [0.4, 0.5) is 20.5 Å². The quantitative estimate of drug-likeness (QED) is 0.561. The standard InChI is InChI=1S/C11H5Br2F2N5/c12-4-1-5(14)7(13)8(15)6(4)9-3(2-16)10(17)20-11(18)19-9/h1H,(H4,17,18,19,20). The molecule has 0 saturated carbocycles. The third kappa shape index (κ3) is 2.32. The van der Waals surface area contributed by atoms with Crippen LogP contribution in [0.1, 0.15) is 5.56 Å². The lowest BCUT2D eigenvalue weighted by molar-refractivity contribution is 0.572. The minimum absolute atomic E-state index is 0.0738. The van der Waals surface area contributed by atoms with E-state index in [9.17, 15) is 8.78 Å². The Kier molecular flexibility index (Phi) is 3.87. The van der Waals surface area contributed by atoms with Crippen LogP contribution in [-0.2, 0) is 0 Å². The fraction of sp³-hybridized carbons (Fsp3) is 0. The number of halogens is 4. The molecule has 0 fully saturated rings. The number of benzene rings is 1. The summed E-state index contributed by atoms with van der Waals surface area (Å²) in [5, 5.41) is 9.08. The first-order chi connectivity index (χ1) is 9.36. The van der Waals surface area contributed by atoms with Crippen molar-refractivity contribution in [3.05, 3.63) is 32.2 Å². The lowest BCUT2D eigenvalue weighted by Crippen LogP contribution is -2.06. The van der Waals surface area contributed by atoms with Gasteiger partial charge in [0.2, 0.25) is 5.95 Å². The van der Waals surface area contributed by atoms with Gasteiger partial charge in [-0.2, -0.15) is 10.2 Å². The zero-order valence-electron chi connectivity index (χ0n) is 9.59. The van der Waals surface area contributed by atoms with Crippen molar-refractivity contribution in [2.75, 3.05) is 11.5 Å². The van der Waals surface area contributed by atoms with Crippen LogP contribution in [0.25, 0.3) is 11.3 Å². The number of nitrogens with zero attached hydrogens (tertiary/aromatic N) is 3. The monoisotopic (exact) mass is 403 g/mol. The highest BCUT2D eigenvalue weighted by Gasteiger charge is 2.23. The summed E-state index contributed by atoms with van der Waals surface area (Å²) in [7, 11) is 0. The van der Waals surface area contributed by atoms with Crippen LogP contribution in [0.5, 0.6) is 0 Å². The third-order valence-electron chi connectivity index (χ3n) is 2.42. The summed E-state index contributed by atoms with van der Waals surface area (Å²) in [6.07, 6.45) is 0. The molecule has 4 N–H and O–H groups in total. The zero-order chi connectivity index (χ0) is 15.0. The first kappa shape index (κ1) is 14.6. The molecule has 0 spiro atoms. The highest BCUT2D eigenvalue weighted by Crippen LogP contribution is 2.37. The minimum Gasteiger partial charge on any atom is -0.382 e. The maximum Gasteiger partial charge on any atom is 0.222 e. The van der Waals surface area contributed by atoms with Gasteiger partial charge in [0, 0.05) is 4.47 Å². The molecule has 5 nitrogen and oxygen atoms in total. The number of hydrogen-bond acceptors (Lipinski definition) is 5. The van der Waals surface area contributed by atoms with E-state index < -0.39 is 11.6 Å². The molecular formula is C11H5Br2F2N5. The maximum absolute atomic E-state index is 14.2. The van der Waals surface area contributed by atoms with Crippen LogP contribution < -0.4 is 11.5 Å². The summed E-state index contributed by atoms with van der Waals surface area (Å²) in [5.41, 5.74) is 10.6. The highest BCUT2D eigenvalue weighted by molar-refractivity contribution is 9.11. The number of nitriles is 1. The van der Waals surface area contributed by atoms with E-state index in [1.54, 1.807) is 6.07 Å². The molecule has 2 aromatic rings. The van der Waals surface area contributed by atoms with Gasteiger partial charge >= 0.3 is 0 Å². The van der Waals surface area contributed by atoms with Gasteiger partial charge in [-0.3, -0.25) is 0 Å². The topological polar surface area (TPSA) is 102 Å². The molecule has 0 aliphatic carbocycles. The van der Waals surface area contributed by atoms with Crippen LogP contribution in [0.2, 0.25) is 0 Å². The average Bonchev–Trinajstić information content (AvgIpc) is 2.35. The third-order valence-corrected chi connectivity index (χ3v) is 3.77. The van der Waals surface area contributed by atoms with Gasteiger partial charge in [0.1, 0.15) is 23.3 Å². The Balaban J connectivity index is 2.89. The molecule has 1 heterocycles. The second-order valence-electron chi connectivity index (χ2n) is 3.65. The summed E-state index contributed by atoms with van der Waals surface area (Å²) >= 11 is 5.81. The fourth-order valence-corrected chi connectivity index (χ4v) is 2.45. The van der Waals surface area contributed by atoms with E-state index in [1.165, 1.54) is 0 Å². The van der Waals surface area contributed by atoms with Crippen molar-refractivity contribution in [2.24, 2.45) is 0 Å². The SMILES string of the molecule is N#Cc1c(N)nc(N)nc1-c1c(Br)cc(F)c(Br)c1F. The molecule has 0 saturated heterocycles. The van der Waals surface area contributed by atoms with Gasteiger partial charge in [-0.25, -0.2) is 13.8 Å². The summed E-state index contributed by atoms with van der Waals surface area (Å²) in [5.74, 6) is -2.12.